The van der Waals surface area contributed by atoms with Crippen LogP contribution in [0, 0.1) is 0 Å². The van der Waals surface area contributed by atoms with Gasteiger partial charge in [-0.05, 0) is 30.7 Å². The van der Waals surface area contributed by atoms with Crippen molar-refractivity contribution in [3.8, 4) is 0 Å². The van der Waals surface area contributed by atoms with Gasteiger partial charge in [-0.25, -0.2) is 0 Å². The van der Waals surface area contributed by atoms with Crippen LogP contribution >= 0.6 is 23.4 Å². The Labute approximate surface area is 107 Å². The second-order valence-electron chi connectivity index (χ2n) is 4.38. The van der Waals surface area contributed by atoms with Gasteiger partial charge < -0.3 is 5.32 Å². The zero-order valence-corrected chi connectivity index (χ0v) is 11.3. The van der Waals surface area contributed by atoms with Crippen LogP contribution in [0.1, 0.15) is 31.9 Å². The van der Waals surface area contributed by atoms with Crippen LogP contribution < -0.4 is 5.32 Å². The Kier molecular flexibility index (Phi) is 4.17. The minimum absolute atomic E-state index is 0.333. The predicted octanol–water partition coefficient (Wildman–Crippen LogP) is 3.88. The fourth-order valence-corrected chi connectivity index (χ4v) is 3.70. The summed E-state index contributed by atoms with van der Waals surface area (Å²) < 4.78 is 0. The SMILES string of the molecule is CC(NC1CCSC1C)c1ccccc1Cl. The van der Waals surface area contributed by atoms with E-state index >= 15 is 0 Å². The van der Waals surface area contributed by atoms with E-state index in [0.29, 0.717) is 17.3 Å². The van der Waals surface area contributed by atoms with E-state index in [1.54, 1.807) is 0 Å². The fourth-order valence-electron chi connectivity index (χ4n) is 2.19. The van der Waals surface area contributed by atoms with Crippen molar-refractivity contribution in [2.75, 3.05) is 5.75 Å². The van der Waals surface area contributed by atoms with Gasteiger partial charge in [0.15, 0.2) is 0 Å². The van der Waals surface area contributed by atoms with Gasteiger partial charge in [-0.2, -0.15) is 11.8 Å². The quantitative estimate of drug-likeness (QED) is 0.880. The summed E-state index contributed by atoms with van der Waals surface area (Å²) in [4.78, 5) is 0. The number of benzene rings is 1. The Bertz CT molecular complexity index is 356. The maximum Gasteiger partial charge on any atom is 0.0453 e. The van der Waals surface area contributed by atoms with Crippen molar-refractivity contribution >= 4 is 23.4 Å². The minimum Gasteiger partial charge on any atom is -0.306 e. The van der Waals surface area contributed by atoms with Gasteiger partial charge in [-0.15, -0.1) is 0 Å². The Balaban J connectivity index is 2.03. The topological polar surface area (TPSA) is 12.0 Å². The van der Waals surface area contributed by atoms with Crippen LogP contribution in [0.3, 0.4) is 0 Å². The van der Waals surface area contributed by atoms with E-state index in [0.717, 1.165) is 5.02 Å². The average molecular weight is 256 g/mol. The lowest BCUT2D eigenvalue weighted by molar-refractivity contribution is 0.454. The molecule has 0 spiro atoms. The lowest BCUT2D eigenvalue weighted by atomic mass is 10.1. The smallest absolute Gasteiger partial charge is 0.0453 e. The molecule has 1 aliphatic heterocycles. The summed E-state index contributed by atoms with van der Waals surface area (Å²) >= 11 is 8.25. The number of rotatable bonds is 3. The molecule has 1 fully saturated rings. The lowest BCUT2D eigenvalue weighted by Crippen LogP contribution is -2.35. The number of nitrogens with one attached hydrogen (secondary N) is 1. The number of hydrogen-bond donors (Lipinski definition) is 1. The van der Waals surface area contributed by atoms with Crippen LogP contribution in [-0.2, 0) is 0 Å². The molecule has 1 heterocycles. The van der Waals surface area contributed by atoms with Crippen LogP contribution in [0.25, 0.3) is 0 Å². The van der Waals surface area contributed by atoms with Crippen molar-refractivity contribution in [1.29, 1.82) is 0 Å². The molecule has 1 N–H and O–H groups in total. The molecule has 1 aromatic carbocycles. The first-order valence-electron chi connectivity index (χ1n) is 5.80. The highest BCUT2D eigenvalue weighted by Crippen LogP contribution is 2.29. The van der Waals surface area contributed by atoms with Crippen LogP contribution in [0.15, 0.2) is 24.3 Å². The first kappa shape index (κ1) is 12.3. The highest BCUT2D eigenvalue weighted by atomic mass is 35.5. The Morgan fingerprint density at radius 2 is 2.19 bits per heavy atom. The van der Waals surface area contributed by atoms with Crippen LogP contribution in [0.5, 0.6) is 0 Å². The van der Waals surface area contributed by atoms with Crippen molar-refractivity contribution in [2.45, 2.75) is 37.6 Å². The molecule has 88 valence electrons. The van der Waals surface area contributed by atoms with Gasteiger partial charge in [0.25, 0.3) is 0 Å². The summed E-state index contributed by atoms with van der Waals surface area (Å²) in [6.45, 7) is 4.49. The van der Waals surface area contributed by atoms with E-state index in [1.807, 2.05) is 18.2 Å². The molecule has 2 rings (SSSR count). The predicted molar refractivity (Wildman–Crippen MR) is 73.3 cm³/mol. The van der Waals surface area contributed by atoms with E-state index in [4.69, 9.17) is 11.6 Å². The maximum atomic E-state index is 6.20. The highest BCUT2D eigenvalue weighted by molar-refractivity contribution is 8.00. The molecule has 0 aliphatic carbocycles. The van der Waals surface area contributed by atoms with Gasteiger partial charge in [0.1, 0.15) is 0 Å². The monoisotopic (exact) mass is 255 g/mol. The Morgan fingerprint density at radius 1 is 1.44 bits per heavy atom. The largest absolute Gasteiger partial charge is 0.306 e. The second kappa shape index (κ2) is 5.44. The van der Waals surface area contributed by atoms with Gasteiger partial charge in [-0.1, -0.05) is 36.7 Å². The molecule has 3 heteroatoms. The normalized spacial score (nSPS) is 26.9. The standard InChI is InChI=1S/C13H18ClNS/c1-9(11-5-3-4-6-12(11)14)15-13-7-8-16-10(13)2/h3-6,9-10,13,15H,7-8H2,1-2H3. The molecule has 1 nitrogen and oxygen atoms in total. The van der Waals surface area contributed by atoms with Gasteiger partial charge >= 0.3 is 0 Å². The molecule has 0 saturated carbocycles. The van der Waals surface area contributed by atoms with Crippen molar-refractivity contribution < 1.29 is 0 Å². The number of thioether (sulfide) groups is 1. The third kappa shape index (κ3) is 2.73. The van der Waals surface area contributed by atoms with Crippen molar-refractivity contribution in [3.05, 3.63) is 34.9 Å². The van der Waals surface area contributed by atoms with Gasteiger partial charge in [0, 0.05) is 22.4 Å². The second-order valence-corrected chi connectivity index (χ2v) is 6.27. The summed E-state index contributed by atoms with van der Waals surface area (Å²) in [6, 6.07) is 9.05. The average Bonchev–Trinajstić information content (AvgIpc) is 2.65. The van der Waals surface area contributed by atoms with Crippen LogP contribution in [0.2, 0.25) is 5.02 Å². The van der Waals surface area contributed by atoms with Crippen LogP contribution in [0.4, 0.5) is 0 Å². The summed E-state index contributed by atoms with van der Waals surface area (Å²) in [5.74, 6) is 1.27. The number of halogens is 1. The molecule has 0 aromatic heterocycles. The molecular formula is C13H18ClNS. The summed E-state index contributed by atoms with van der Waals surface area (Å²) in [5.41, 5.74) is 1.20. The van der Waals surface area contributed by atoms with Crippen molar-refractivity contribution in [3.63, 3.8) is 0 Å². The molecule has 0 amide bonds. The van der Waals surface area contributed by atoms with Crippen LogP contribution in [-0.4, -0.2) is 17.0 Å². The molecule has 1 aliphatic rings. The molecule has 1 aromatic rings. The van der Waals surface area contributed by atoms with Gasteiger partial charge in [-0.3, -0.25) is 0 Å². The van der Waals surface area contributed by atoms with E-state index < -0.39 is 0 Å². The zero-order valence-electron chi connectivity index (χ0n) is 9.74. The van der Waals surface area contributed by atoms with E-state index in [9.17, 15) is 0 Å². The molecule has 3 atom stereocenters. The third-order valence-corrected chi connectivity index (χ3v) is 4.88. The summed E-state index contributed by atoms with van der Waals surface area (Å²) in [6.07, 6.45) is 1.26. The van der Waals surface area contributed by atoms with Gasteiger partial charge in [0.05, 0.1) is 0 Å². The molecule has 0 radical (unpaired) electrons. The van der Waals surface area contributed by atoms with Crippen molar-refractivity contribution in [2.24, 2.45) is 0 Å². The first-order valence-corrected chi connectivity index (χ1v) is 7.23. The van der Waals surface area contributed by atoms with Crippen molar-refractivity contribution in [1.82, 2.24) is 5.32 Å². The molecule has 16 heavy (non-hydrogen) atoms. The van der Waals surface area contributed by atoms with Gasteiger partial charge in [0.2, 0.25) is 0 Å². The molecule has 3 unspecified atom stereocenters. The van der Waals surface area contributed by atoms with E-state index in [2.05, 4.69) is 37.0 Å². The summed E-state index contributed by atoms with van der Waals surface area (Å²) in [5, 5.41) is 5.26. The molecule has 0 bridgehead atoms. The summed E-state index contributed by atoms with van der Waals surface area (Å²) in [7, 11) is 0. The fraction of sp³-hybridized carbons (Fsp3) is 0.538. The zero-order chi connectivity index (χ0) is 11.5. The molecular weight excluding hydrogens is 238 g/mol. The van der Waals surface area contributed by atoms with E-state index in [1.165, 1.54) is 17.7 Å². The highest BCUT2D eigenvalue weighted by Gasteiger charge is 2.25. The molecule has 1 saturated heterocycles. The third-order valence-electron chi connectivity index (χ3n) is 3.21. The minimum atomic E-state index is 0.333. The maximum absolute atomic E-state index is 6.20. The number of hydrogen-bond acceptors (Lipinski definition) is 2. The lowest BCUT2D eigenvalue weighted by Gasteiger charge is -2.23. The first-order chi connectivity index (χ1) is 7.68. The Morgan fingerprint density at radius 3 is 2.81 bits per heavy atom. The Hall–Kier alpha value is -0.180. The van der Waals surface area contributed by atoms with E-state index in [-0.39, 0.29) is 0 Å².